The number of hydrogen-bond acceptors (Lipinski definition) is 3. The molecule has 1 rings (SSSR count). The number of benzene rings is 1. The predicted molar refractivity (Wildman–Crippen MR) is 90.7 cm³/mol. The fourth-order valence-electron chi connectivity index (χ4n) is 1.93. The summed E-state index contributed by atoms with van der Waals surface area (Å²) >= 11 is 0. The second-order valence-electron chi connectivity index (χ2n) is 5.62. The monoisotopic (exact) mass is 326 g/mol. The number of nitrogens with one attached hydrogen (secondary N) is 1. The third-order valence-corrected chi connectivity index (χ3v) is 5.63. The van der Waals surface area contributed by atoms with Gasteiger partial charge in [-0.2, -0.15) is 0 Å². The Bertz CT molecular complexity index is 594. The lowest BCUT2D eigenvalue weighted by Crippen LogP contribution is -2.36. The molecule has 0 aliphatic carbocycles. The van der Waals surface area contributed by atoms with E-state index in [4.69, 9.17) is 0 Å². The van der Waals surface area contributed by atoms with E-state index >= 15 is 0 Å². The molecule has 0 saturated carbocycles. The molecule has 0 aliphatic heterocycles. The van der Waals surface area contributed by atoms with Crippen molar-refractivity contribution in [2.24, 2.45) is 5.92 Å². The predicted octanol–water partition coefficient (Wildman–Crippen LogP) is 2.64. The number of anilines is 1. The van der Waals surface area contributed by atoms with Crippen molar-refractivity contribution in [1.82, 2.24) is 5.32 Å². The van der Waals surface area contributed by atoms with Gasteiger partial charge in [0.15, 0.2) is 0 Å². The maximum absolute atomic E-state index is 12.1. The van der Waals surface area contributed by atoms with Crippen molar-refractivity contribution in [3.8, 4) is 0 Å². The lowest BCUT2D eigenvalue weighted by atomic mass is 10.1. The van der Waals surface area contributed by atoms with Crippen LogP contribution in [0.2, 0.25) is 0 Å². The van der Waals surface area contributed by atoms with Gasteiger partial charge in [0.1, 0.15) is 0 Å². The number of nitrogens with zero attached hydrogens (tertiary/aromatic N) is 1. The lowest BCUT2D eigenvalue weighted by molar-refractivity contribution is 0.0930. The Kier molecular flexibility index (Phi) is 6.41. The van der Waals surface area contributed by atoms with Gasteiger partial charge in [0.25, 0.3) is 5.91 Å². The molecule has 5 nitrogen and oxygen atoms in total. The molecule has 0 saturated heterocycles. The minimum absolute atomic E-state index is 0.0506. The molecule has 0 radical (unpaired) electrons. The van der Waals surface area contributed by atoms with Crippen LogP contribution in [-0.2, 0) is 10.0 Å². The molecule has 1 atom stereocenters. The van der Waals surface area contributed by atoms with Crippen molar-refractivity contribution >= 4 is 21.6 Å². The summed E-state index contributed by atoms with van der Waals surface area (Å²) in [5.41, 5.74) is 1.11. The summed E-state index contributed by atoms with van der Waals surface area (Å²) in [5.74, 6) is 0.261. The minimum atomic E-state index is -3.29. The average molecular weight is 326 g/mol. The molecule has 1 amide bonds. The Balaban J connectivity index is 2.93. The molecule has 124 valence electrons. The molecule has 6 heteroatoms. The number of amides is 1. The first-order valence-corrected chi connectivity index (χ1v) is 9.25. The average Bonchev–Trinajstić information content (AvgIpc) is 2.48. The van der Waals surface area contributed by atoms with E-state index in [1.54, 1.807) is 38.1 Å². The van der Waals surface area contributed by atoms with Crippen LogP contribution in [0.25, 0.3) is 0 Å². The van der Waals surface area contributed by atoms with E-state index in [2.05, 4.69) is 5.32 Å². The molecule has 0 aliphatic rings. The van der Waals surface area contributed by atoms with Crippen LogP contribution in [0.3, 0.4) is 0 Å². The van der Waals surface area contributed by atoms with Crippen LogP contribution < -0.4 is 9.62 Å². The Labute approximate surface area is 133 Å². The summed E-state index contributed by atoms with van der Waals surface area (Å²) in [4.78, 5) is 12.1. The summed E-state index contributed by atoms with van der Waals surface area (Å²) in [6.45, 7) is 9.83. The van der Waals surface area contributed by atoms with Gasteiger partial charge in [0.2, 0.25) is 10.0 Å². The third kappa shape index (κ3) is 4.47. The zero-order valence-corrected chi connectivity index (χ0v) is 14.8. The minimum Gasteiger partial charge on any atom is -0.349 e. The summed E-state index contributed by atoms with van der Waals surface area (Å²) in [7, 11) is -3.29. The fraction of sp³-hybridized carbons (Fsp3) is 0.562. The van der Waals surface area contributed by atoms with Crippen molar-refractivity contribution in [2.45, 2.75) is 40.7 Å². The summed E-state index contributed by atoms with van der Waals surface area (Å²) < 4.78 is 25.4. The van der Waals surface area contributed by atoms with E-state index < -0.39 is 10.0 Å². The number of carbonyl (C=O) groups is 1. The molecule has 0 spiro atoms. The van der Waals surface area contributed by atoms with Gasteiger partial charge in [-0.15, -0.1) is 0 Å². The molecular weight excluding hydrogens is 300 g/mol. The molecule has 0 aromatic heterocycles. The van der Waals surface area contributed by atoms with Crippen LogP contribution in [0.15, 0.2) is 24.3 Å². The second-order valence-corrected chi connectivity index (χ2v) is 7.80. The first-order chi connectivity index (χ1) is 10.2. The van der Waals surface area contributed by atoms with Crippen LogP contribution in [0.1, 0.15) is 45.0 Å². The highest BCUT2D eigenvalue weighted by Gasteiger charge is 2.19. The molecule has 1 N–H and O–H groups in total. The molecule has 1 aromatic rings. The summed E-state index contributed by atoms with van der Waals surface area (Å²) in [6, 6.07) is 6.74. The van der Waals surface area contributed by atoms with Gasteiger partial charge in [-0.25, -0.2) is 8.42 Å². The first kappa shape index (κ1) is 18.5. The maximum atomic E-state index is 12.1. The van der Waals surface area contributed by atoms with Crippen molar-refractivity contribution in [3.63, 3.8) is 0 Å². The third-order valence-electron chi connectivity index (χ3n) is 3.76. The van der Waals surface area contributed by atoms with Crippen molar-refractivity contribution in [2.75, 3.05) is 16.6 Å². The standard InChI is InChI=1S/C16H26N2O3S/c1-6-18(22(20,21)7-2)15-10-8-14(9-11-15)16(19)17-13(5)12(3)4/h8-13H,6-7H2,1-5H3,(H,17,19)/t13-/m1/s1. The van der Waals surface area contributed by atoms with E-state index in [0.717, 1.165) is 0 Å². The number of hydrogen-bond donors (Lipinski definition) is 1. The summed E-state index contributed by atoms with van der Waals surface area (Å²) in [5, 5.41) is 2.93. The fourth-order valence-corrected chi connectivity index (χ4v) is 3.08. The topological polar surface area (TPSA) is 66.5 Å². The first-order valence-electron chi connectivity index (χ1n) is 7.64. The van der Waals surface area contributed by atoms with Crippen LogP contribution in [0.4, 0.5) is 5.69 Å². The van der Waals surface area contributed by atoms with E-state index in [0.29, 0.717) is 23.7 Å². The second kappa shape index (κ2) is 7.63. The molecule has 0 unspecified atom stereocenters. The quantitative estimate of drug-likeness (QED) is 0.837. The molecule has 22 heavy (non-hydrogen) atoms. The lowest BCUT2D eigenvalue weighted by Gasteiger charge is -2.22. The van der Waals surface area contributed by atoms with E-state index in [1.807, 2.05) is 20.8 Å². The largest absolute Gasteiger partial charge is 0.349 e. The van der Waals surface area contributed by atoms with Crippen LogP contribution in [0.5, 0.6) is 0 Å². The Hall–Kier alpha value is -1.56. The zero-order valence-electron chi connectivity index (χ0n) is 14.0. The van der Waals surface area contributed by atoms with Crippen LogP contribution >= 0.6 is 0 Å². The number of sulfonamides is 1. The van der Waals surface area contributed by atoms with Gasteiger partial charge < -0.3 is 5.32 Å². The molecular formula is C16H26N2O3S. The van der Waals surface area contributed by atoms with Crippen LogP contribution in [-0.4, -0.2) is 32.7 Å². The Morgan fingerprint density at radius 3 is 2.09 bits per heavy atom. The summed E-state index contributed by atoms with van der Waals surface area (Å²) in [6.07, 6.45) is 0. The van der Waals surface area contributed by atoms with Gasteiger partial charge >= 0.3 is 0 Å². The van der Waals surface area contributed by atoms with Gasteiger partial charge in [-0.1, -0.05) is 13.8 Å². The van der Waals surface area contributed by atoms with Crippen LogP contribution in [0, 0.1) is 5.92 Å². The van der Waals surface area contributed by atoms with Gasteiger partial charge in [0, 0.05) is 18.2 Å². The Morgan fingerprint density at radius 2 is 1.68 bits per heavy atom. The van der Waals surface area contributed by atoms with Crippen molar-refractivity contribution in [3.05, 3.63) is 29.8 Å². The normalized spacial score (nSPS) is 13.0. The van der Waals surface area contributed by atoms with Crippen molar-refractivity contribution < 1.29 is 13.2 Å². The molecule has 0 heterocycles. The highest BCUT2D eigenvalue weighted by Crippen LogP contribution is 2.19. The highest BCUT2D eigenvalue weighted by atomic mass is 32.2. The van der Waals surface area contributed by atoms with Gasteiger partial charge in [-0.05, 0) is 51.0 Å². The zero-order chi connectivity index (χ0) is 16.9. The van der Waals surface area contributed by atoms with E-state index in [1.165, 1.54) is 4.31 Å². The highest BCUT2D eigenvalue weighted by molar-refractivity contribution is 7.92. The number of rotatable bonds is 7. The molecule has 0 fully saturated rings. The smallest absolute Gasteiger partial charge is 0.251 e. The molecule has 0 bridgehead atoms. The van der Waals surface area contributed by atoms with Crippen molar-refractivity contribution in [1.29, 1.82) is 0 Å². The van der Waals surface area contributed by atoms with E-state index in [-0.39, 0.29) is 17.7 Å². The number of carbonyl (C=O) groups excluding carboxylic acids is 1. The van der Waals surface area contributed by atoms with Gasteiger partial charge in [-0.3, -0.25) is 9.10 Å². The van der Waals surface area contributed by atoms with E-state index in [9.17, 15) is 13.2 Å². The SMILES string of the molecule is CCN(c1ccc(C(=O)N[C@H](C)C(C)C)cc1)S(=O)(=O)CC. The molecule has 1 aromatic carbocycles. The maximum Gasteiger partial charge on any atom is 0.251 e. The van der Waals surface area contributed by atoms with Gasteiger partial charge in [0.05, 0.1) is 11.4 Å². The Morgan fingerprint density at radius 1 is 1.14 bits per heavy atom.